The molecule has 0 atom stereocenters. The summed E-state index contributed by atoms with van der Waals surface area (Å²) in [6.45, 7) is 2.21. The first-order valence-corrected chi connectivity index (χ1v) is 12.1. The van der Waals surface area contributed by atoms with Crippen LogP contribution in [0.5, 0.6) is 0 Å². The summed E-state index contributed by atoms with van der Waals surface area (Å²) in [5.74, 6) is 0. The van der Waals surface area contributed by atoms with Crippen LogP contribution in [0.1, 0.15) is 96.8 Å². The first kappa shape index (κ1) is 28.0. The Morgan fingerprint density at radius 2 is 0.880 bits per heavy atom. The van der Waals surface area contributed by atoms with Crippen molar-refractivity contribution in [3.05, 3.63) is 0 Å². The molecule has 9 heteroatoms. The molecule has 0 unspecified atom stereocenters. The van der Waals surface area contributed by atoms with E-state index in [2.05, 4.69) is 6.92 Å². The second-order valence-corrected chi connectivity index (χ2v) is 9.99. The van der Waals surface area contributed by atoms with Gasteiger partial charge in [0, 0.05) is 0 Å². The van der Waals surface area contributed by atoms with Crippen LogP contribution in [0.3, 0.4) is 0 Å². The van der Waals surface area contributed by atoms with E-state index in [9.17, 15) is 16.8 Å². The van der Waals surface area contributed by atoms with E-state index in [1.807, 2.05) is 0 Å². The van der Waals surface area contributed by atoms with Crippen molar-refractivity contribution < 1.29 is 25.9 Å². The summed E-state index contributed by atoms with van der Waals surface area (Å²) in [6.07, 6.45) is 14.2. The van der Waals surface area contributed by atoms with Crippen molar-refractivity contribution in [1.29, 1.82) is 0 Å². The predicted molar refractivity (Wildman–Crippen MR) is 104 cm³/mol. The quantitative estimate of drug-likeness (QED) is 0.227. The van der Waals surface area contributed by atoms with Crippen LogP contribution < -0.4 is 0 Å². The van der Waals surface area contributed by atoms with Crippen LogP contribution >= 0.6 is 0 Å². The van der Waals surface area contributed by atoms with Crippen molar-refractivity contribution in [3.63, 3.8) is 0 Å². The van der Waals surface area contributed by atoms with Gasteiger partial charge in [0.1, 0.15) is 0 Å². The van der Waals surface area contributed by atoms with Gasteiger partial charge in [-0.2, -0.15) is 16.8 Å². The first-order valence-electron chi connectivity index (χ1n) is 9.12. The molecule has 0 aliphatic rings. The number of hydrogen-bond donors (Lipinski definition) is 2. The second kappa shape index (κ2) is 15.8. The van der Waals surface area contributed by atoms with Gasteiger partial charge in [-0.1, -0.05) is 90.4 Å². The Morgan fingerprint density at radius 3 is 1.16 bits per heavy atom. The molecule has 148 valence electrons. The summed E-state index contributed by atoms with van der Waals surface area (Å²) in [6, 6.07) is 0. The van der Waals surface area contributed by atoms with Crippen molar-refractivity contribution in [3.8, 4) is 0 Å². The van der Waals surface area contributed by atoms with Crippen molar-refractivity contribution >= 4 is 49.8 Å². The monoisotopic (exact) mass is 410 g/mol. The van der Waals surface area contributed by atoms with Crippen LogP contribution in [0.25, 0.3) is 0 Å². The van der Waals surface area contributed by atoms with Crippen LogP contribution in [-0.2, 0) is 20.2 Å². The molecule has 0 radical (unpaired) electrons. The van der Waals surface area contributed by atoms with Crippen LogP contribution in [0, 0.1) is 0 Å². The van der Waals surface area contributed by atoms with Gasteiger partial charge in [0.05, 0.1) is 0 Å². The Labute approximate surface area is 176 Å². The molecule has 0 rings (SSSR count). The van der Waals surface area contributed by atoms with Gasteiger partial charge in [0.25, 0.3) is 20.2 Å². The SMILES string of the molecule is CCCCCCCCCCCCCCCC(S(=O)(=O)O)S(=O)(=O)O.[NaH]. The zero-order valence-electron chi connectivity index (χ0n) is 14.8. The zero-order valence-corrected chi connectivity index (χ0v) is 16.5. The zero-order chi connectivity index (χ0) is 18.5. The van der Waals surface area contributed by atoms with E-state index in [0.29, 0.717) is 12.8 Å². The molecule has 0 aliphatic carbocycles. The molecule has 6 nitrogen and oxygen atoms in total. The standard InChI is InChI=1S/C16H34O6S2.Na.H/c1-2-3-4-5-6-7-8-9-10-11-12-13-14-15-16(23(17,18)19)24(20,21)22;;/h16H,2-15H2,1H3,(H,17,18,19)(H,20,21,22);;. The molecule has 0 aliphatic heterocycles. The fraction of sp³-hybridized carbons (Fsp3) is 1.00. The summed E-state index contributed by atoms with van der Waals surface area (Å²) in [4.78, 5) is 0. The summed E-state index contributed by atoms with van der Waals surface area (Å²) in [7, 11) is -9.55. The third-order valence-corrected chi connectivity index (χ3v) is 7.47. The third kappa shape index (κ3) is 16.7. The molecular formula is C16H35NaO6S2. The minimum atomic E-state index is -4.78. The fourth-order valence-electron chi connectivity index (χ4n) is 2.78. The molecule has 0 bridgehead atoms. The van der Waals surface area contributed by atoms with Gasteiger partial charge in [-0.25, -0.2) is 0 Å². The number of rotatable bonds is 16. The first-order chi connectivity index (χ1) is 11.2. The molecular weight excluding hydrogens is 375 g/mol. The van der Waals surface area contributed by atoms with E-state index >= 15 is 0 Å². The van der Waals surface area contributed by atoms with Gasteiger partial charge in [-0.05, 0) is 6.42 Å². The maximum absolute atomic E-state index is 10.9. The molecule has 0 amide bonds. The summed E-state index contributed by atoms with van der Waals surface area (Å²) in [5, 5.41) is 0. The molecule has 0 aromatic rings. The second-order valence-electron chi connectivity index (χ2n) is 6.49. The van der Waals surface area contributed by atoms with Gasteiger partial charge in [-0.15, -0.1) is 0 Å². The molecule has 0 saturated heterocycles. The Balaban J connectivity index is 0. The van der Waals surface area contributed by atoms with Gasteiger partial charge in [0.15, 0.2) is 0 Å². The van der Waals surface area contributed by atoms with Crippen molar-refractivity contribution in [2.75, 3.05) is 0 Å². The average molecular weight is 411 g/mol. The Bertz CT molecular complexity index is 473. The van der Waals surface area contributed by atoms with E-state index in [0.717, 1.165) is 19.3 Å². The molecule has 0 spiro atoms. The molecule has 0 fully saturated rings. The number of unbranched alkanes of at least 4 members (excludes halogenated alkanes) is 12. The summed E-state index contributed by atoms with van der Waals surface area (Å²) >= 11 is 0. The van der Waals surface area contributed by atoms with E-state index < -0.39 is 24.8 Å². The van der Waals surface area contributed by atoms with Gasteiger partial charge >= 0.3 is 29.6 Å². The fourth-order valence-corrected chi connectivity index (χ4v) is 4.94. The molecule has 0 aromatic carbocycles. The molecule has 25 heavy (non-hydrogen) atoms. The molecule has 0 saturated carbocycles. The number of hydrogen-bond acceptors (Lipinski definition) is 4. The van der Waals surface area contributed by atoms with E-state index in [1.54, 1.807) is 0 Å². The summed E-state index contributed by atoms with van der Waals surface area (Å²) in [5.41, 5.74) is 0. The van der Waals surface area contributed by atoms with Crippen molar-refractivity contribution in [1.82, 2.24) is 0 Å². The average Bonchev–Trinajstić information content (AvgIpc) is 2.45. The molecule has 2 N–H and O–H groups in total. The van der Waals surface area contributed by atoms with E-state index in [4.69, 9.17) is 9.11 Å². The van der Waals surface area contributed by atoms with Gasteiger partial charge < -0.3 is 0 Å². The van der Waals surface area contributed by atoms with E-state index in [1.165, 1.54) is 51.4 Å². The van der Waals surface area contributed by atoms with Gasteiger partial charge in [-0.3, -0.25) is 9.11 Å². The third-order valence-electron chi connectivity index (χ3n) is 4.21. The van der Waals surface area contributed by atoms with Crippen LogP contribution in [0.4, 0.5) is 0 Å². The normalized spacial score (nSPS) is 12.3. The molecule has 0 heterocycles. The van der Waals surface area contributed by atoms with E-state index in [-0.39, 0.29) is 36.0 Å². The predicted octanol–water partition coefficient (Wildman–Crippen LogP) is 3.92. The van der Waals surface area contributed by atoms with Crippen LogP contribution in [-0.4, -0.2) is 60.1 Å². The van der Waals surface area contributed by atoms with Crippen molar-refractivity contribution in [2.24, 2.45) is 0 Å². The van der Waals surface area contributed by atoms with Crippen LogP contribution in [0.2, 0.25) is 0 Å². The Morgan fingerprint density at radius 1 is 0.600 bits per heavy atom. The summed E-state index contributed by atoms with van der Waals surface area (Å²) < 4.78 is 59.3. The van der Waals surface area contributed by atoms with Gasteiger partial charge in [0.2, 0.25) is 4.58 Å². The van der Waals surface area contributed by atoms with Crippen LogP contribution in [0.15, 0.2) is 0 Å². The Kier molecular flexibility index (Phi) is 17.8. The maximum atomic E-state index is 10.9. The molecule has 0 aromatic heterocycles. The minimum absolute atomic E-state index is 0. The van der Waals surface area contributed by atoms with Crippen molar-refractivity contribution in [2.45, 2.75) is 101 Å². The Hall–Kier alpha value is 0.820. The topological polar surface area (TPSA) is 109 Å².